The monoisotopic (exact) mass is 306 g/mol. The molecule has 3 rings (SSSR count). The van der Waals surface area contributed by atoms with Crippen LogP contribution in [0.15, 0.2) is 18.6 Å². The van der Waals surface area contributed by atoms with Crippen LogP contribution in [0.1, 0.15) is 48.0 Å². The van der Waals surface area contributed by atoms with Crippen LogP contribution >= 0.6 is 11.3 Å². The van der Waals surface area contributed by atoms with E-state index in [2.05, 4.69) is 29.1 Å². The van der Waals surface area contributed by atoms with Gasteiger partial charge >= 0.3 is 0 Å². The lowest BCUT2D eigenvalue weighted by Gasteiger charge is -2.19. The lowest BCUT2D eigenvalue weighted by molar-refractivity contribution is 0.0893. The van der Waals surface area contributed by atoms with E-state index in [4.69, 9.17) is 4.74 Å². The number of thiazole rings is 1. The third-order valence-electron chi connectivity index (χ3n) is 3.86. The number of imidazole rings is 1. The molecule has 21 heavy (non-hydrogen) atoms. The fourth-order valence-corrected chi connectivity index (χ4v) is 3.47. The molecule has 3 heterocycles. The molecule has 0 amide bonds. The second-order valence-electron chi connectivity index (χ2n) is 5.77. The van der Waals surface area contributed by atoms with Crippen molar-refractivity contribution in [3.63, 3.8) is 0 Å². The van der Waals surface area contributed by atoms with Gasteiger partial charge in [-0.25, -0.2) is 9.97 Å². The number of aryl methyl sites for hydroxylation is 1. The number of hydrogen-bond acceptors (Lipinski definition) is 5. The maximum atomic E-state index is 5.86. The molecule has 2 atom stereocenters. The van der Waals surface area contributed by atoms with Crippen molar-refractivity contribution in [2.75, 3.05) is 6.61 Å². The Labute approximate surface area is 129 Å². The summed E-state index contributed by atoms with van der Waals surface area (Å²) in [6.07, 6.45) is 6.83. The number of nitrogens with zero attached hydrogens (tertiary/aromatic N) is 3. The van der Waals surface area contributed by atoms with Gasteiger partial charge in [-0.15, -0.1) is 11.3 Å². The van der Waals surface area contributed by atoms with E-state index in [1.807, 2.05) is 30.2 Å². The molecule has 1 saturated heterocycles. The Kier molecular flexibility index (Phi) is 4.37. The summed E-state index contributed by atoms with van der Waals surface area (Å²) in [6, 6.07) is 0.303. The third-order valence-corrected chi connectivity index (χ3v) is 5.16. The molecule has 5 nitrogen and oxygen atoms in total. The molecule has 1 N–H and O–H groups in total. The van der Waals surface area contributed by atoms with Crippen molar-refractivity contribution in [1.82, 2.24) is 19.9 Å². The van der Waals surface area contributed by atoms with Crippen molar-refractivity contribution in [2.45, 2.75) is 44.9 Å². The molecule has 1 aliphatic rings. The number of rotatable bonds is 5. The summed E-state index contributed by atoms with van der Waals surface area (Å²) >= 11 is 1.79. The highest BCUT2D eigenvalue weighted by Crippen LogP contribution is 2.28. The van der Waals surface area contributed by atoms with Gasteiger partial charge in [-0.2, -0.15) is 0 Å². The van der Waals surface area contributed by atoms with Crippen LogP contribution in [0.2, 0.25) is 0 Å². The molecule has 0 spiro atoms. The third kappa shape index (κ3) is 3.17. The summed E-state index contributed by atoms with van der Waals surface area (Å²) in [5.74, 6) is 1.54. The molecule has 6 heteroatoms. The first-order valence-electron chi connectivity index (χ1n) is 7.42. The second-order valence-corrected chi connectivity index (χ2v) is 6.92. The summed E-state index contributed by atoms with van der Waals surface area (Å²) in [6.45, 7) is 5.98. The highest BCUT2D eigenvalue weighted by Gasteiger charge is 2.32. The molecule has 0 unspecified atom stereocenters. The SMILES string of the molecule is CC(C)c1cnc(CN[C@H]2CCO[C@@H]2c2nccn2C)s1. The first-order chi connectivity index (χ1) is 10.1. The number of aromatic nitrogens is 3. The number of nitrogens with one attached hydrogen (secondary N) is 1. The smallest absolute Gasteiger partial charge is 0.139 e. The standard InChI is InChI=1S/C15H22N4OS/c1-10(2)12-8-18-13(21-12)9-17-11-4-7-20-14(11)15-16-5-6-19(15)3/h5-6,8,10-11,14,17H,4,7,9H2,1-3H3/t11-,14-/m0/s1. The summed E-state index contributed by atoms with van der Waals surface area (Å²) in [4.78, 5) is 10.3. The van der Waals surface area contributed by atoms with E-state index in [1.165, 1.54) is 4.88 Å². The normalized spacial score (nSPS) is 22.3. The summed E-state index contributed by atoms with van der Waals surface area (Å²) < 4.78 is 7.89. The largest absolute Gasteiger partial charge is 0.369 e. The summed E-state index contributed by atoms with van der Waals surface area (Å²) in [5, 5.41) is 4.73. The van der Waals surface area contributed by atoms with Crippen molar-refractivity contribution in [1.29, 1.82) is 0 Å². The van der Waals surface area contributed by atoms with Crippen molar-refractivity contribution < 1.29 is 4.74 Å². The number of ether oxygens (including phenoxy) is 1. The zero-order valence-electron chi connectivity index (χ0n) is 12.7. The predicted octanol–water partition coefficient (Wildman–Crippen LogP) is 2.62. The molecule has 0 aliphatic carbocycles. The molecule has 1 aliphatic heterocycles. The Balaban J connectivity index is 1.62. The quantitative estimate of drug-likeness (QED) is 0.922. The molecule has 0 aromatic carbocycles. The van der Waals surface area contributed by atoms with Gasteiger partial charge in [0.1, 0.15) is 16.9 Å². The minimum absolute atomic E-state index is 0.0366. The molecule has 2 aromatic rings. The van der Waals surface area contributed by atoms with E-state index < -0.39 is 0 Å². The van der Waals surface area contributed by atoms with E-state index in [0.29, 0.717) is 12.0 Å². The van der Waals surface area contributed by atoms with E-state index in [-0.39, 0.29) is 6.10 Å². The maximum Gasteiger partial charge on any atom is 0.139 e. The Hall–Kier alpha value is -1.24. The van der Waals surface area contributed by atoms with Crippen LogP contribution in [0.25, 0.3) is 0 Å². The van der Waals surface area contributed by atoms with Gasteiger partial charge in [-0.3, -0.25) is 0 Å². The van der Waals surface area contributed by atoms with Crippen molar-refractivity contribution >= 4 is 11.3 Å². The summed E-state index contributed by atoms with van der Waals surface area (Å²) in [5.41, 5.74) is 0. The van der Waals surface area contributed by atoms with Crippen LogP contribution in [0, 0.1) is 0 Å². The topological polar surface area (TPSA) is 52.0 Å². The molecular formula is C15H22N4OS. The zero-order valence-corrected chi connectivity index (χ0v) is 13.6. The summed E-state index contributed by atoms with van der Waals surface area (Å²) in [7, 11) is 2.01. The molecule has 114 valence electrons. The minimum atomic E-state index is 0.0366. The molecule has 2 aromatic heterocycles. The van der Waals surface area contributed by atoms with Gasteiger partial charge in [0, 0.05) is 49.7 Å². The van der Waals surface area contributed by atoms with Gasteiger partial charge in [-0.05, 0) is 12.3 Å². The predicted molar refractivity (Wildman–Crippen MR) is 83.3 cm³/mol. The van der Waals surface area contributed by atoms with Crippen molar-refractivity contribution in [3.8, 4) is 0 Å². The van der Waals surface area contributed by atoms with Gasteiger partial charge in [-0.1, -0.05) is 13.8 Å². The minimum Gasteiger partial charge on any atom is -0.369 e. The molecule has 1 fully saturated rings. The Morgan fingerprint density at radius 2 is 2.33 bits per heavy atom. The highest BCUT2D eigenvalue weighted by molar-refractivity contribution is 7.11. The average Bonchev–Trinajstić information content (AvgIpc) is 3.15. The lowest BCUT2D eigenvalue weighted by atomic mass is 10.1. The van der Waals surface area contributed by atoms with Crippen LogP contribution < -0.4 is 5.32 Å². The van der Waals surface area contributed by atoms with E-state index in [1.54, 1.807) is 11.3 Å². The molecular weight excluding hydrogens is 284 g/mol. The lowest BCUT2D eigenvalue weighted by Crippen LogP contribution is -2.32. The molecule has 0 saturated carbocycles. The first-order valence-corrected chi connectivity index (χ1v) is 8.23. The van der Waals surface area contributed by atoms with Gasteiger partial charge in [0.15, 0.2) is 0 Å². The van der Waals surface area contributed by atoms with Crippen LogP contribution in [-0.4, -0.2) is 27.2 Å². The zero-order chi connectivity index (χ0) is 14.8. The molecule has 0 radical (unpaired) electrons. The van der Waals surface area contributed by atoms with Gasteiger partial charge < -0.3 is 14.6 Å². The van der Waals surface area contributed by atoms with Gasteiger partial charge in [0.05, 0.1) is 0 Å². The van der Waals surface area contributed by atoms with E-state index in [0.717, 1.165) is 30.4 Å². The fraction of sp³-hybridized carbons (Fsp3) is 0.600. The van der Waals surface area contributed by atoms with Crippen LogP contribution in [0.4, 0.5) is 0 Å². The van der Waals surface area contributed by atoms with Gasteiger partial charge in [0.2, 0.25) is 0 Å². The van der Waals surface area contributed by atoms with Crippen molar-refractivity contribution in [2.24, 2.45) is 7.05 Å². The highest BCUT2D eigenvalue weighted by atomic mass is 32.1. The van der Waals surface area contributed by atoms with Gasteiger partial charge in [0.25, 0.3) is 0 Å². The fourth-order valence-electron chi connectivity index (χ4n) is 2.60. The number of hydrogen-bond donors (Lipinski definition) is 1. The van der Waals surface area contributed by atoms with Crippen molar-refractivity contribution in [3.05, 3.63) is 34.3 Å². The second kappa shape index (κ2) is 6.25. The van der Waals surface area contributed by atoms with E-state index >= 15 is 0 Å². The Morgan fingerprint density at radius 3 is 3.00 bits per heavy atom. The Bertz CT molecular complexity index is 592. The Morgan fingerprint density at radius 1 is 1.48 bits per heavy atom. The van der Waals surface area contributed by atoms with Crippen LogP contribution in [0.3, 0.4) is 0 Å². The maximum absolute atomic E-state index is 5.86. The average molecular weight is 306 g/mol. The van der Waals surface area contributed by atoms with E-state index in [9.17, 15) is 0 Å². The molecule has 0 bridgehead atoms. The first kappa shape index (κ1) is 14.7. The van der Waals surface area contributed by atoms with Crippen LogP contribution in [-0.2, 0) is 18.3 Å². The van der Waals surface area contributed by atoms with Crippen LogP contribution in [0.5, 0.6) is 0 Å².